The Morgan fingerprint density at radius 2 is 2.21 bits per heavy atom. The molecule has 2 aliphatic heterocycles. The second kappa shape index (κ2) is 4.41. The Kier molecular flexibility index (Phi) is 2.97. The maximum atomic E-state index is 11.9. The number of nitrogens with one attached hydrogen (secondary N) is 1. The first-order valence-electron chi connectivity index (χ1n) is 6.12. The monoisotopic (exact) mass is 302 g/mol. The van der Waals surface area contributed by atoms with Crippen molar-refractivity contribution in [2.24, 2.45) is 0 Å². The van der Waals surface area contributed by atoms with E-state index in [4.69, 9.17) is 0 Å². The van der Waals surface area contributed by atoms with Crippen LogP contribution in [-0.2, 0) is 16.3 Å². The fourth-order valence-electron chi connectivity index (χ4n) is 2.49. The Balaban J connectivity index is 1.88. The highest BCUT2D eigenvalue weighted by Gasteiger charge is 2.50. The fourth-order valence-corrected chi connectivity index (χ4v) is 5.37. The van der Waals surface area contributed by atoms with Gasteiger partial charge in [0.25, 0.3) is 0 Å². The van der Waals surface area contributed by atoms with E-state index in [2.05, 4.69) is 15.5 Å². The highest BCUT2D eigenvalue weighted by atomic mass is 32.2. The number of aromatic nitrogens is 2. The molecule has 1 aromatic heterocycles. The minimum absolute atomic E-state index is 0.000895. The first kappa shape index (κ1) is 12.8. The highest BCUT2D eigenvalue weighted by Crippen LogP contribution is 2.31. The van der Waals surface area contributed by atoms with Crippen molar-refractivity contribution in [3.8, 4) is 0 Å². The van der Waals surface area contributed by atoms with Crippen LogP contribution in [0.25, 0.3) is 0 Å². The van der Waals surface area contributed by atoms with Gasteiger partial charge in [-0.1, -0.05) is 18.3 Å². The number of carbonyl (C=O) groups excluding carboxylic acids is 1. The molecule has 3 rings (SSSR count). The Hall–Kier alpha value is -1.22. The van der Waals surface area contributed by atoms with E-state index in [1.54, 1.807) is 0 Å². The molecule has 0 radical (unpaired) electrons. The number of amides is 2. The predicted octanol–water partition coefficient (Wildman–Crippen LogP) is 0.186. The van der Waals surface area contributed by atoms with Crippen LogP contribution in [0.15, 0.2) is 0 Å². The van der Waals surface area contributed by atoms with Crippen molar-refractivity contribution in [3.05, 3.63) is 5.01 Å². The summed E-state index contributed by atoms with van der Waals surface area (Å²) in [5, 5.41) is 12.1. The van der Waals surface area contributed by atoms with E-state index in [1.807, 2.05) is 6.92 Å². The molecule has 19 heavy (non-hydrogen) atoms. The minimum atomic E-state index is -3.07. The summed E-state index contributed by atoms with van der Waals surface area (Å²) in [6, 6.07) is -0.944. The molecule has 7 nitrogen and oxygen atoms in total. The molecule has 2 aliphatic rings. The van der Waals surface area contributed by atoms with Gasteiger partial charge in [0.15, 0.2) is 9.84 Å². The van der Waals surface area contributed by atoms with Crippen LogP contribution in [0.3, 0.4) is 0 Å². The lowest BCUT2D eigenvalue weighted by Crippen LogP contribution is -2.36. The summed E-state index contributed by atoms with van der Waals surface area (Å²) in [6.45, 7) is 2.04. The van der Waals surface area contributed by atoms with Crippen LogP contribution >= 0.6 is 11.3 Å². The van der Waals surface area contributed by atoms with Crippen LogP contribution in [0, 0.1) is 0 Å². The van der Waals surface area contributed by atoms with E-state index in [1.165, 1.54) is 16.2 Å². The molecule has 1 N–H and O–H groups in total. The molecule has 9 heteroatoms. The Labute approximate surface area is 114 Å². The normalized spacial score (nSPS) is 28.5. The number of rotatable bonds is 3. The summed E-state index contributed by atoms with van der Waals surface area (Å²) < 4.78 is 23.2. The van der Waals surface area contributed by atoms with Gasteiger partial charge in [-0.2, -0.15) is 0 Å². The van der Waals surface area contributed by atoms with Gasteiger partial charge < -0.3 is 5.32 Å². The molecule has 2 atom stereocenters. The molecule has 0 saturated carbocycles. The maximum Gasteiger partial charge on any atom is 0.324 e. The molecule has 0 unspecified atom stereocenters. The highest BCUT2D eigenvalue weighted by molar-refractivity contribution is 7.91. The largest absolute Gasteiger partial charge is 0.332 e. The second-order valence-corrected chi connectivity index (χ2v) is 7.99. The van der Waals surface area contributed by atoms with Crippen LogP contribution in [0.5, 0.6) is 0 Å². The summed E-state index contributed by atoms with van der Waals surface area (Å²) in [5.74, 6) is 0.0135. The Bertz CT molecular complexity index is 612. The number of aryl methyl sites for hydroxylation is 1. The standard InChI is InChI=1S/C10H14N4O3S2/c1-2-3-8-12-13-10(18-8)14-7-5-19(16,17)4-6(7)11-9(14)15/h6-7H,2-5H2,1H3,(H,11,15)/t6-,7+/m0/s1. The Morgan fingerprint density at radius 3 is 2.95 bits per heavy atom. The third-order valence-electron chi connectivity index (χ3n) is 3.31. The zero-order valence-electron chi connectivity index (χ0n) is 10.4. The summed E-state index contributed by atoms with van der Waals surface area (Å²) in [5.41, 5.74) is 0. The average molecular weight is 302 g/mol. The van der Waals surface area contributed by atoms with Crippen LogP contribution in [0.1, 0.15) is 18.4 Å². The van der Waals surface area contributed by atoms with Crippen molar-refractivity contribution in [1.29, 1.82) is 0 Å². The summed E-state index contributed by atoms with van der Waals surface area (Å²) in [6.07, 6.45) is 1.78. The lowest BCUT2D eigenvalue weighted by Gasteiger charge is -2.16. The second-order valence-electron chi connectivity index (χ2n) is 4.80. The zero-order valence-corrected chi connectivity index (χ0v) is 12.0. The Morgan fingerprint density at radius 1 is 1.42 bits per heavy atom. The first-order valence-corrected chi connectivity index (χ1v) is 8.76. The molecule has 2 saturated heterocycles. The molecule has 0 spiro atoms. The SMILES string of the molecule is CCCc1nnc(N2C(=O)N[C@H]3CS(=O)(=O)C[C@H]32)s1. The molecule has 0 aromatic carbocycles. The molecule has 0 aliphatic carbocycles. The number of hydrogen-bond donors (Lipinski definition) is 1. The van der Waals surface area contributed by atoms with Gasteiger partial charge in [-0.05, 0) is 6.42 Å². The van der Waals surface area contributed by atoms with Crippen molar-refractivity contribution in [1.82, 2.24) is 15.5 Å². The third-order valence-corrected chi connectivity index (χ3v) is 6.01. The van der Waals surface area contributed by atoms with Gasteiger partial charge >= 0.3 is 6.03 Å². The molecule has 3 heterocycles. The van der Waals surface area contributed by atoms with Crippen LogP contribution in [0.2, 0.25) is 0 Å². The fraction of sp³-hybridized carbons (Fsp3) is 0.700. The molecule has 0 bridgehead atoms. The van der Waals surface area contributed by atoms with Gasteiger partial charge in [-0.25, -0.2) is 13.2 Å². The number of anilines is 1. The van der Waals surface area contributed by atoms with Gasteiger partial charge in [0, 0.05) is 6.42 Å². The van der Waals surface area contributed by atoms with Crippen molar-refractivity contribution >= 4 is 32.3 Å². The van der Waals surface area contributed by atoms with Gasteiger partial charge in [-0.3, -0.25) is 4.90 Å². The molecule has 2 amide bonds. The zero-order chi connectivity index (χ0) is 13.6. The van der Waals surface area contributed by atoms with E-state index in [-0.39, 0.29) is 29.6 Å². The number of carbonyl (C=O) groups is 1. The van der Waals surface area contributed by atoms with Gasteiger partial charge in [0.05, 0.1) is 23.6 Å². The summed E-state index contributed by atoms with van der Waals surface area (Å²) in [7, 11) is -3.07. The number of nitrogens with zero attached hydrogens (tertiary/aromatic N) is 3. The summed E-state index contributed by atoms with van der Waals surface area (Å²) in [4.78, 5) is 13.4. The molecular formula is C10H14N4O3S2. The van der Waals surface area contributed by atoms with Crippen molar-refractivity contribution in [2.75, 3.05) is 16.4 Å². The van der Waals surface area contributed by atoms with E-state index < -0.39 is 9.84 Å². The minimum Gasteiger partial charge on any atom is -0.332 e. The molecule has 2 fully saturated rings. The van der Waals surface area contributed by atoms with Crippen molar-refractivity contribution < 1.29 is 13.2 Å². The number of fused-ring (bicyclic) bond motifs is 1. The molecule has 104 valence electrons. The predicted molar refractivity (Wildman–Crippen MR) is 71.1 cm³/mol. The van der Waals surface area contributed by atoms with Crippen molar-refractivity contribution in [2.45, 2.75) is 31.8 Å². The number of hydrogen-bond acceptors (Lipinski definition) is 6. The first-order chi connectivity index (χ1) is 9.00. The molecular weight excluding hydrogens is 288 g/mol. The quantitative estimate of drug-likeness (QED) is 0.804. The topological polar surface area (TPSA) is 92.3 Å². The van der Waals surface area contributed by atoms with E-state index in [0.29, 0.717) is 5.13 Å². The van der Waals surface area contributed by atoms with Gasteiger partial charge in [0.1, 0.15) is 5.01 Å². The average Bonchev–Trinajstić information content (AvgIpc) is 2.92. The van der Waals surface area contributed by atoms with Gasteiger partial charge in [0.2, 0.25) is 5.13 Å². The smallest absolute Gasteiger partial charge is 0.324 e. The van der Waals surface area contributed by atoms with E-state index in [9.17, 15) is 13.2 Å². The van der Waals surface area contributed by atoms with E-state index in [0.717, 1.165) is 17.8 Å². The van der Waals surface area contributed by atoms with Crippen LogP contribution in [0.4, 0.5) is 9.93 Å². The van der Waals surface area contributed by atoms with E-state index >= 15 is 0 Å². The summed E-state index contributed by atoms with van der Waals surface area (Å²) >= 11 is 1.36. The number of sulfone groups is 1. The number of urea groups is 1. The third kappa shape index (κ3) is 2.20. The van der Waals surface area contributed by atoms with Crippen LogP contribution in [-0.4, -0.2) is 48.2 Å². The maximum absolute atomic E-state index is 11.9. The lowest BCUT2D eigenvalue weighted by molar-refractivity contribution is 0.251. The van der Waals surface area contributed by atoms with Crippen LogP contribution < -0.4 is 10.2 Å². The lowest BCUT2D eigenvalue weighted by atomic mass is 10.2. The molecule has 1 aromatic rings. The van der Waals surface area contributed by atoms with Gasteiger partial charge in [-0.15, -0.1) is 10.2 Å². The van der Waals surface area contributed by atoms with Crippen molar-refractivity contribution in [3.63, 3.8) is 0 Å².